The van der Waals surface area contributed by atoms with Crippen LogP contribution in [0.1, 0.15) is 33.6 Å². The number of ketones is 1. The zero-order valence-electron chi connectivity index (χ0n) is 19.5. The molecule has 0 bridgehead atoms. The van der Waals surface area contributed by atoms with Gasteiger partial charge in [-0.3, -0.25) is 24.5 Å². The van der Waals surface area contributed by atoms with Crippen LogP contribution >= 0.6 is 0 Å². The first kappa shape index (κ1) is 24.6. The maximum absolute atomic E-state index is 12.5. The van der Waals surface area contributed by atoms with Crippen LogP contribution in [0.3, 0.4) is 0 Å². The number of amides is 1. The van der Waals surface area contributed by atoms with Crippen molar-refractivity contribution in [3.05, 3.63) is 100 Å². The molecule has 9 nitrogen and oxygen atoms in total. The Hall–Kier alpha value is -4.53. The first-order chi connectivity index (χ1) is 17.4. The fourth-order valence-electron chi connectivity index (χ4n) is 4.11. The molecule has 3 aromatic carbocycles. The number of para-hydroxylation sites is 2. The third-order valence-electron chi connectivity index (χ3n) is 6.09. The molecule has 9 heteroatoms. The Morgan fingerprint density at radius 3 is 2.19 bits per heavy atom. The predicted octanol–water partition coefficient (Wildman–Crippen LogP) is 4.49. The SMILES string of the molecule is O=C(COC(=O)C1CCN(c2ccccc2[N+](=O)[O-])CC1)c1ccc(NC(=O)c2ccccc2)cc1. The van der Waals surface area contributed by atoms with Crippen LogP contribution in [0.5, 0.6) is 0 Å². The van der Waals surface area contributed by atoms with Crippen molar-refractivity contribution >= 4 is 34.7 Å². The summed E-state index contributed by atoms with van der Waals surface area (Å²) in [6, 6.07) is 21.7. The lowest BCUT2D eigenvalue weighted by molar-refractivity contribution is -0.384. The van der Waals surface area contributed by atoms with E-state index in [9.17, 15) is 24.5 Å². The number of hydrogen-bond donors (Lipinski definition) is 1. The molecule has 0 radical (unpaired) electrons. The number of Topliss-reactive ketones (excluding diaryl/α,β-unsaturated/α-hetero) is 1. The summed E-state index contributed by atoms with van der Waals surface area (Å²) in [5.41, 5.74) is 2.01. The van der Waals surface area contributed by atoms with E-state index < -0.39 is 10.9 Å². The quantitative estimate of drug-likeness (QED) is 0.215. The summed E-state index contributed by atoms with van der Waals surface area (Å²) < 4.78 is 5.27. The van der Waals surface area contributed by atoms with E-state index >= 15 is 0 Å². The topological polar surface area (TPSA) is 119 Å². The van der Waals surface area contributed by atoms with Crippen LogP contribution in [-0.4, -0.2) is 42.3 Å². The van der Waals surface area contributed by atoms with Crippen LogP contribution in [-0.2, 0) is 9.53 Å². The number of nitro benzene ring substituents is 1. The molecule has 1 amide bonds. The number of piperidine rings is 1. The molecule has 0 atom stereocenters. The minimum Gasteiger partial charge on any atom is -0.457 e. The second-order valence-electron chi connectivity index (χ2n) is 8.44. The van der Waals surface area contributed by atoms with E-state index in [1.807, 2.05) is 11.0 Å². The molecule has 3 aromatic rings. The van der Waals surface area contributed by atoms with Gasteiger partial charge in [0.2, 0.25) is 0 Å². The lowest BCUT2D eigenvalue weighted by atomic mass is 9.96. The second kappa shape index (κ2) is 11.3. The summed E-state index contributed by atoms with van der Waals surface area (Å²) in [7, 11) is 0. The van der Waals surface area contributed by atoms with Gasteiger partial charge in [0.05, 0.1) is 10.8 Å². The Balaban J connectivity index is 1.25. The first-order valence-corrected chi connectivity index (χ1v) is 11.6. The Labute approximate surface area is 207 Å². The van der Waals surface area contributed by atoms with Crippen molar-refractivity contribution in [3.8, 4) is 0 Å². The number of rotatable bonds is 8. The Morgan fingerprint density at radius 2 is 1.53 bits per heavy atom. The molecule has 0 aliphatic carbocycles. The number of carbonyl (C=O) groups is 3. The summed E-state index contributed by atoms with van der Waals surface area (Å²) in [5.74, 6) is -1.41. The van der Waals surface area contributed by atoms with Crippen LogP contribution in [0.15, 0.2) is 78.9 Å². The number of anilines is 2. The highest BCUT2D eigenvalue weighted by Gasteiger charge is 2.29. The van der Waals surface area contributed by atoms with Gasteiger partial charge in [0, 0.05) is 36.0 Å². The highest BCUT2D eigenvalue weighted by atomic mass is 16.6. The number of carbonyl (C=O) groups excluding carboxylic acids is 3. The van der Waals surface area contributed by atoms with E-state index in [-0.39, 0.29) is 29.9 Å². The molecule has 184 valence electrons. The minimum absolute atomic E-state index is 0.0368. The first-order valence-electron chi connectivity index (χ1n) is 11.6. The van der Waals surface area contributed by atoms with Gasteiger partial charge in [0.1, 0.15) is 5.69 Å². The van der Waals surface area contributed by atoms with Crippen molar-refractivity contribution < 1.29 is 24.0 Å². The van der Waals surface area contributed by atoms with Crippen molar-refractivity contribution in [1.29, 1.82) is 0 Å². The highest BCUT2D eigenvalue weighted by molar-refractivity contribution is 6.04. The zero-order chi connectivity index (χ0) is 25.5. The average Bonchev–Trinajstić information content (AvgIpc) is 2.92. The highest BCUT2D eigenvalue weighted by Crippen LogP contribution is 2.31. The fourth-order valence-corrected chi connectivity index (χ4v) is 4.11. The standard InChI is InChI=1S/C27H25N3O6/c31-25(19-10-12-22(13-11-19)28-26(32)20-6-2-1-3-7-20)18-36-27(33)21-14-16-29(17-15-21)23-8-4-5-9-24(23)30(34)35/h1-13,21H,14-18H2,(H,28,32). The predicted molar refractivity (Wildman–Crippen MR) is 134 cm³/mol. The Morgan fingerprint density at radius 1 is 0.889 bits per heavy atom. The maximum Gasteiger partial charge on any atom is 0.309 e. The van der Waals surface area contributed by atoms with Gasteiger partial charge in [0.15, 0.2) is 12.4 Å². The molecule has 0 aromatic heterocycles. The molecule has 1 aliphatic rings. The molecule has 0 spiro atoms. The van der Waals surface area contributed by atoms with E-state index in [1.165, 1.54) is 6.07 Å². The molecule has 0 saturated carbocycles. The lowest BCUT2D eigenvalue weighted by Gasteiger charge is -2.32. The van der Waals surface area contributed by atoms with Crippen molar-refractivity contribution in [2.45, 2.75) is 12.8 Å². The number of nitro groups is 1. The summed E-state index contributed by atoms with van der Waals surface area (Å²) in [6.07, 6.45) is 0.962. The summed E-state index contributed by atoms with van der Waals surface area (Å²) in [6.45, 7) is 0.586. The third-order valence-corrected chi connectivity index (χ3v) is 6.09. The van der Waals surface area contributed by atoms with Gasteiger partial charge in [-0.25, -0.2) is 0 Å². The van der Waals surface area contributed by atoms with Crippen LogP contribution in [0.25, 0.3) is 0 Å². The van der Waals surface area contributed by atoms with Gasteiger partial charge < -0.3 is 15.0 Å². The van der Waals surface area contributed by atoms with Crippen LogP contribution in [0.2, 0.25) is 0 Å². The Kier molecular flexibility index (Phi) is 7.69. The monoisotopic (exact) mass is 487 g/mol. The molecule has 1 N–H and O–H groups in total. The average molecular weight is 488 g/mol. The molecule has 1 saturated heterocycles. The number of nitrogens with zero attached hydrogens (tertiary/aromatic N) is 2. The van der Waals surface area contributed by atoms with E-state index in [4.69, 9.17) is 4.74 Å². The number of benzene rings is 3. The fraction of sp³-hybridized carbons (Fsp3) is 0.222. The van der Waals surface area contributed by atoms with Gasteiger partial charge in [-0.2, -0.15) is 0 Å². The van der Waals surface area contributed by atoms with Gasteiger partial charge in [-0.1, -0.05) is 30.3 Å². The van der Waals surface area contributed by atoms with Gasteiger partial charge in [0.25, 0.3) is 11.6 Å². The maximum atomic E-state index is 12.5. The molecule has 0 unspecified atom stereocenters. The van der Waals surface area contributed by atoms with Crippen molar-refractivity contribution in [2.24, 2.45) is 5.92 Å². The number of nitrogens with one attached hydrogen (secondary N) is 1. The van der Waals surface area contributed by atoms with Crippen molar-refractivity contribution in [3.63, 3.8) is 0 Å². The largest absolute Gasteiger partial charge is 0.457 e. The molecule has 1 aliphatic heterocycles. The van der Waals surface area contributed by atoms with Crippen LogP contribution < -0.4 is 10.2 Å². The third kappa shape index (κ3) is 5.93. The Bertz CT molecular complexity index is 1250. The second-order valence-corrected chi connectivity index (χ2v) is 8.44. The van der Waals surface area contributed by atoms with E-state index in [2.05, 4.69) is 5.32 Å². The van der Waals surface area contributed by atoms with E-state index in [1.54, 1.807) is 66.7 Å². The van der Waals surface area contributed by atoms with Crippen LogP contribution in [0, 0.1) is 16.0 Å². The summed E-state index contributed by atoms with van der Waals surface area (Å²) >= 11 is 0. The zero-order valence-corrected chi connectivity index (χ0v) is 19.5. The summed E-state index contributed by atoms with van der Waals surface area (Å²) in [4.78, 5) is 50.0. The van der Waals surface area contributed by atoms with E-state index in [0.29, 0.717) is 48.4 Å². The van der Waals surface area contributed by atoms with Crippen molar-refractivity contribution in [1.82, 2.24) is 0 Å². The van der Waals surface area contributed by atoms with Crippen LogP contribution in [0.4, 0.5) is 17.1 Å². The smallest absolute Gasteiger partial charge is 0.309 e. The molecular formula is C27H25N3O6. The molecule has 36 heavy (non-hydrogen) atoms. The molecular weight excluding hydrogens is 462 g/mol. The van der Waals surface area contributed by atoms with Gasteiger partial charge in [-0.05, 0) is 55.3 Å². The summed E-state index contributed by atoms with van der Waals surface area (Å²) in [5, 5.41) is 14.0. The molecule has 4 rings (SSSR count). The van der Waals surface area contributed by atoms with Gasteiger partial charge in [-0.15, -0.1) is 0 Å². The molecule has 1 fully saturated rings. The normalized spacial score (nSPS) is 13.6. The lowest BCUT2D eigenvalue weighted by Crippen LogP contribution is -2.37. The van der Waals surface area contributed by atoms with E-state index in [0.717, 1.165) is 0 Å². The minimum atomic E-state index is -0.447. The van der Waals surface area contributed by atoms with Gasteiger partial charge >= 0.3 is 5.97 Å². The number of hydrogen-bond acceptors (Lipinski definition) is 7. The van der Waals surface area contributed by atoms with Crippen molar-refractivity contribution in [2.75, 3.05) is 29.9 Å². The number of esters is 1. The number of ether oxygens (including phenoxy) is 1. The molecule has 1 heterocycles.